The third-order valence-corrected chi connectivity index (χ3v) is 3.77. The quantitative estimate of drug-likeness (QED) is 0.840. The minimum Gasteiger partial charge on any atom is -0.493 e. The highest BCUT2D eigenvalue weighted by molar-refractivity contribution is 5.99. The van der Waals surface area contributed by atoms with Crippen molar-refractivity contribution in [3.05, 3.63) is 30.9 Å². The molecule has 0 unspecified atom stereocenters. The van der Waals surface area contributed by atoms with Gasteiger partial charge in [0.25, 0.3) is 0 Å². The van der Waals surface area contributed by atoms with E-state index in [4.69, 9.17) is 9.47 Å². The van der Waals surface area contributed by atoms with Crippen LogP contribution in [0.5, 0.6) is 11.5 Å². The van der Waals surface area contributed by atoms with Gasteiger partial charge in [-0.15, -0.1) is 0 Å². The smallest absolute Gasteiger partial charge is 0.246 e. The summed E-state index contributed by atoms with van der Waals surface area (Å²) in [6, 6.07) is 5.27. The highest BCUT2D eigenvalue weighted by Crippen LogP contribution is 2.37. The second-order valence-electron chi connectivity index (χ2n) is 5.45. The maximum Gasteiger partial charge on any atom is 0.246 e. The average molecular weight is 304 g/mol. The van der Waals surface area contributed by atoms with E-state index in [1.54, 1.807) is 23.1 Å². The van der Waals surface area contributed by atoms with Crippen molar-refractivity contribution in [1.29, 1.82) is 0 Å². The number of nitrogens with one attached hydrogen (secondary N) is 1. The van der Waals surface area contributed by atoms with Crippen LogP contribution >= 0.6 is 0 Å². The first-order valence-corrected chi connectivity index (χ1v) is 6.89. The summed E-state index contributed by atoms with van der Waals surface area (Å²) in [7, 11) is 3.05. The zero-order valence-electron chi connectivity index (χ0n) is 13.0. The monoisotopic (exact) mass is 304 g/mol. The van der Waals surface area contributed by atoms with Gasteiger partial charge in [0.2, 0.25) is 11.8 Å². The predicted molar refractivity (Wildman–Crippen MR) is 83.1 cm³/mol. The van der Waals surface area contributed by atoms with Crippen LogP contribution in [-0.4, -0.2) is 44.0 Å². The number of likely N-dealkylation sites (tertiary alicyclic amines) is 1. The van der Waals surface area contributed by atoms with Crippen molar-refractivity contribution in [3.8, 4) is 11.5 Å². The summed E-state index contributed by atoms with van der Waals surface area (Å²) in [4.78, 5) is 25.5. The summed E-state index contributed by atoms with van der Waals surface area (Å²) in [6.07, 6.45) is 1.25. The predicted octanol–water partition coefficient (Wildman–Crippen LogP) is 1.68. The molecule has 0 spiro atoms. The maximum absolute atomic E-state index is 12.5. The summed E-state index contributed by atoms with van der Waals surface area (Å²) in [5.41, 5.74) is -0.0752. The SMILES string of the molecule is C=CC(=O)N1CC(C)(C(=O)Nc2cccc(OC)c2OC)C1. The second-order valence-corrected chi connectivity index (χ2v) is 5.45. The van der Waals surface area contributed by atoms with Crippen LogP contribution in [0, 0.1) is 5.41 Å². The van der Waals surface area contributed by atoms with E-state index in [1.165, 1.54) is 20.3 Å². The molecule has 1 aliphatic heterocycles. The standard InChI is InChI=1S/C16H20N2O4/c1-5-13(19)18-9-16(2,10-18)15(20)17-11-7-6-8-12(21-3)14(11)22-4/h5-8H,1,9-10H2,2-4H3,(H,17,20). The summed E-state index contributed by atoms with van der Waals surface area (Å²) >= 11 is 0. The number of methoxy groups -OCH3 is 2. The number of hydrogen-bond acceptors (Lipinski definition) is 4. The molecule has 2 amide bonds. The number of nitrogens with zero attached hydrogens (tertiary/aromatic N) is 1. The van der Waals surface area contributed by atoms with Crippen LogP contribution in [0.2, 0.25) is 0 Å². The molecule has 1 aromatic carbocycles. The largest absolute Gasteiger partial charge is 0.493 e. The first-order valence-electron chi connectivity index (χ1n) is 6.89. The average Bonchev–Trinajstić information content (AvgIpc) is 2.50. The molecule has 6 nitrogen and oxygen atoms in total. The molecule has 1 heterocycles. The molecule has 6 heteroatoms. The zero-order chi connectivity index (χ0) is 16.3. The minimum absolute atomic E-state index is 0.160. The third kappa shape index (κ3) is 2.77. The van der Waals surface area contributed by atoms with Crippen molar-refractivity contribution >= 4 is 17.5 Å². The number of para-hydroxylation sites is 1. The molecular weight excluding hydrogens is 284 g/mol. The van der Waals surface area contributed by atoms with E-state index in [0.717, 1.165) is 0 Å². The molecule has 118 valence electrons. The second kappa shape index (κ2) is 6.09. The topological polar surface area (TPSA) is 67.9 Å². The van der Waals surface area contributed by atoms with Crippen LogP contribution < -0.4 is 14.8 Å². The van der Waals surface area contributed by atoms with Gasteiger partial charge in [0.05, 0.1) is 25.3 Å². The number of anilines is 1. The lowest BCUT2D eigenvalue weighted by Crippen LogP contribution is -2.61. The number of hydrogen-bond donors (Lipinski definition) is 1. The maximum atomic E-state index is 12.5. The lowest BCUT2D eigenvalue weighted by Gasteiger charge is -2.46. The van der Waals surface area contributed by atoms with E-state index in [2.05, 4.69) is 11.9 Å². The summed E-state index contributed by atoms with van der Waals surface area (Å²) in [6.45, 7) is 6.01. The molecule has 0 aromatic heterocycles. The normalized spacial score (nSPS) is 15.5. The number of benzene rings is 1. The van der Waals surface area contributed by atoms with E-state index >= 15 is 0 Å². The van der Waals surface area contributed by atoms with Crippen molar-refractivity contribution in [3.63, 3.8) is 0 Å². The molecule has 0 aliphatic carbocycles. The fourth-order valence-corrected chi connectivity index (χ4v) is 2.48. The number of rotatable bonds is 5. The van der Waals surface area contributed by atoms with Gasteiger partial charge in [0.15, 0.2) is 11.5 Å². The van der Waals surface area contributed by atoms with E-state index in [0.29, 0.717) is 30.3 Å². The number of ether oxygens (including phenoxy) is 2. The van der Waals surface area contributed by atoms with Crippen LogP contribution in [-0.2, 0) is 9.59 Å². The molecule has 1 N–H and O–H groups in total. The third-order valence-electron chi connectivity index (χ3n) is 3.77. The molecule has 1 saturated heterocycles. The number of carbonyl (C=O) groups is 2. The van der Waals surface area contributed by atoms with Crippen LogP contribution in [0.4, 0.5) is 5.69 Å². The lowest BCUT2D eigenvalue weighted by atomic mass is 9.80. The van der Waals surface area contributed by atoms with Crippen molar-refractivity contribution < 1.29 is 19.1 Å². The Labute approximate surface area is 129 Å². The Morgan fingerprint density at radius 2 is 2.00 bits per heavy atom. The van der Waals surface area contributed by atoms with E-state index < -0.39 is 5.41 Å². The van der Waals surface area contributed by atoms with Crippen molar-refractivity contribution in [2.45, 2.75) is 6.92 Å². The highest BCUT2D eigenvalue weighted by Gasteiger charge is 2.46. The summed E-state index contributed by atoms with van der Waals surface area (Å²) < 4.78 is 10.5. The molecule has 1 aromatic rings. The van der Waals surface area contributed by atoms with Gasteiger partial charge in [-0.05, 0) is 25.1 Å². The van der Waals surface area contributed by atoms with E-state index in [1.807, 2.05) is 6.92 Å². The Morgan fingerprint density at radius 3 is 2.55 bits per heavy atom. The van der Waals surface area contributed by atoms with Gasteiger partial charge in [-0.25, -0.2) is 0 Å². The van der Waals surface area contributed by atoms with Gasteiger partial charge in [0.1, 0.15) is 0 Å². The molecular formula is C16H20N2O4. The molecule has 1 aliphatic rings. The Bertz CT molecular complexity index is 606. The van der Waals surface area contributed by atoms with Gasteiger partial charge >= 0.3 is 0 Å². The fraction of sp³-hybridized carbons (Fsp3) is 0.375. The summed E-state index contributed by atoms with van der Waals surface area (Å²) in [5.74, 6) is 0.694. The first kappa shape index (κ1) is 15.9. The molecule has 1 fully saturated rings. The molecule has 22 heavy (non-hydrogen) atoms. The Hall–Kier alpha value is -2.50. The minimum atomic E-state index is -0.618. The van der Waals surface area contributed by atoms with Crippen molar-refractivity contribution in [2.24, 2.45) is 5.41 Å². The van der Waals surface area contributed by atoms with Crippen LogP contribution in [0.1, 0.15) is 6.92 Å². The van der Waals surface area contributed by atoms with Gasteiger partial charge in [0, 0.05) is 13.1 Å². The Kier molecular flexibility index (Phi) is 4.40. The van der Waals surface area contributed by atoms with Crippen molar-refractivity contribution in [1.82, 2.24) is 4.90 Å². The van der Waals surface area contributed by atoms with Gasteiger partial charge in [-0.2, -0.15) is 0 Å². The molecule has 0 atom stereocenters. The zero-order valence-corrected chi connectivity index (χ0v) is 13.0. The number of carbonyl (C=O) groups excluding carboxylic acids is 2. The van der Waals surface area contributed by atoms with Crippen molar-refractivity contribution in [2.75, 3.05) is 32.6 Å². The molecule has 2 rings (SSSR count). The van der Waals surface area contributed by atoms with Crippen LogP contribution in [0.15, 0.2) is 30.9 Å². The molecule has 0 saturated carbocycles. The molecule has 0 bridgehead atoms. The Balaban J connectivity index is 2.10. The first-order chi connectivity index (χ1) is 10.4. The molecule has 0 radical (unpaired) electrons. The number of amides is 2. The lowest BCUT2D eigenvalue weighted by molar-refractivity contribution is -0.145. The van der Waals surface area contributed by atoms with Gasteiger partial charge in [-0.3, -0.25) is 9.59 Å². The van der Waals surface area contributed by atoms with E-state index in [9.17, 15) is 9.59 Å². The van der Waals surface area contributed by atoms with Gasteiger partial charge in [-0.1, -0.05) is 12.6 Å². The Morgan fingerprint density at radius 1 is 1.32 bits per heavy atom. The summed E-state index contributed by atoms with van der Waals surface area (Å²) in [5, 5.41) is 2.85. The van der Waals surface area contributed by atoms with Gasteiger partial charge < -0.3 is 19.7 Å². The van der Waals surface area contributed by atoms with Crippen LogP contribution in [0.3, 0.4) is 0 Å². The van der Waals surface area contributed by atoms with Crippen LogP contribution in [0.25, 0.3) is 0 Å². The van der Waals surface area contributed by atoms with E-state index in [-0.39, 0.29) is 11.8 Å². The fourth-order valence-electron chi connectivity index (χ4n) is 2.48. The highest BCUT2D eigenvalue weighted by atomic mass is 16.5.